The number of aromatic hydroxyl groups is 1. The van der Waals surface area contributed by atoms with Crippen molar-refractivity contribution >= 4 is 22.5 Å². The van der Waals surface area contributed by atoms with Gasteiger partial charge in [0.1, 0.15) is 17.4 Å². The second-order valence-corrected chi connectivity index (χ2v) is 5.29. The van der Waals surface area contributed by atoms with Gasteiger partial charge in [-0.25, -0.2) is 4.98 Å². The fourth-order valence-corrected chi connectivity index (χ4v) is 2.92. The first kappa shape index (κ1) is 15.9. The lowest BCUT2D eigenvalue weighted by molar-refractivity contribution is 0.0886. The zero-order valence-corrected chi connectivity index (χ0v) is 13.5. The lowest BCUT2D eigenvalue weighted by atomic mass is 9.97. The number of Topliss-reactive ketones (excluding diaryl/α,β-unsaturated/α-hetero) is 2. The number of ketones is 2. The first-order valence-electron chi connectivity index (χ1n) is 7.93. The Morgan fingerprint density at radius 2 is 1.42 bits per heavy atom. The number of hydrogen-bond donors (Lipinski definition) is 1. The van der Waals surface area contributed by atoms with Crippen LogP contribution in [0, 0.1) is 0 Å². The lowest BCUT2D eigenvalue weighted by Gasteiger charge is -2.10. The number of aromatic nitrogens is 1. The summed E-state index contributed by atoms with van der Waals surface area (Å²) in [7, 11) is 0. The predicted molar refractivity (Wildman–Crippen MR) is 92.6 cm³/mol. The van der Waals surface area contributed by atoms with Crippen LogP contribution in [-0.4, -0.2) is 21.7 Å². The van der Waals surface area contributed by atoms with Crippen molar-refractivity contribution in [3.05, 3.63) is 71.4 Å². The van der Waals surface area contributed by atoms with Gasteiger partial charge in [0, 0.05) is 16.5 Å². The average molecular weight is 319 g/mol. The third kappa shape index (κ3) is 2.36. The Balaban J connectivity index is 0.000000815. The normalized spacial score (nSPS) is 13.6. The summed E-state index contributed by atoms with van der Waals surface area (Å²) in [5, 5.41) is 11.0. The highest BCUT2D eigenvalue weighted by Gasteiger charge is 2.41. The van der Waals surface area contributed by atoms with Gasteiger partial charge in [-0.3, -0.25) is 9.59 Å². The number of para-hydroxylation sites is 1. The molecular weight excluding hydrogens is 302 g/mol. The molecule has 1 N–H and O–H groups in total. The van der Waals surface area contributed by atoms with E-state index in [-0.39, 0.29) is 23.0 Å². The van der Waals surface area contributed by atoms with Crippen LogP contribution in [0.5, 0.6) is 5.75 Å². The topological polar surface area (TPSA) is 67.3 Å². The van der Waals surface area contributed by atoms with Gasteiger partial charge < -0.3 is 5.11 Å². The van der Waals surface area contributed by atoms with Crippen molar-refractivity contribution in [2.45, 2.75) is 19.8 Å². The second-order valence-electron chi connectivity index (χ2n) is 5.29. The molecule has 24 heavy (non-hydrogen) atoms. The first-order chi connectivity index (χ1) is 11.7. The third-order valence-corrected chi connectivity index (χ3v) is 3.99. The van der Waals surface area contributed by atoms with Gasteiger partial charge in [-0.2, -0.15) is 0 Å². The van der Waals surface area contributed by atoms with Gasteiger partial charge in [-0.1, -0.05) is 56.3 Å². The molecule has 3 aromatic rings. The number of fused-ring (bicyclic) bond motifs is 2. The summed E-state index contributed by atoms with van der Waals surface area (Å²) in [6.45, 7) is 4.00. The molecule has 0 radical (unpaired) electrons. The highest BCUT2D eigenvalue weighted by molar-refractivity contribution is 6.29. The molecule has 0 spiro atoms. The number of carbonyl (C=O) groups excluding carboxylic acids is 2. The quantitative estimate of drug-likeness (QED) is 0.685. The molecule has 0 fully saturated rings. The fraction of sp³-hybridized carbons (Fsp3) is 0.150. The van der Waals surface area contributed by atoms with Crippen LogP contribution in [0.15, 0.2) is 54.6 Å². The van der Waals surface area contributed by atoms with E-state index in [0.717, 1.165) is 5.39 Å². The van der Waals surface area contributed by atoms with Crippen molar-refractivity contribution in [1.29, 1.82) is 0 Å². The molecule has 4 nitrogen and oxygen atoms in total. The Morgan fingerprint density at radius 1 is 0.875 bits per heavy atom. The van der Waals surface area contributed by atoms with Crippen molar-refractivity contribution in [2.24, 2.45) is 0 Å². The van der Waals surface area contributed by atoms with E-state index >= 15 is 0 Å². The second kappa shape index (κ2) is 6.24. The molecule has 4 rings (SSSR count). The minimum atomic E-state index is -1.05. The Kier molecular flexibility index (Phi) is 4.13. The van der Waals surface area contributed by atoms with Gasteiger partial charge in [-0.15, -0.1) is 0 Å². The van der Waals surface area contributed by atoms with E-state index in [9.17, 15) is 14.7 Å². The maximum Gasteiger partial charge on any atom is 0.180 e. The van der Waals surface area contributed by atoms with Crippen molar-refractivity contribution in [1.82, 2.24) is 4.98 Å². The summed E-state index contributed by atoms with van der Waals surface area (Å²) >= 11 is 0. The van der Waals surface area contributed by atoms with Crippen LogP contribution in [0.1, 0.15) is 46.2 Å². The Bertz CT molecular complexity index is 912. The van der Waals surface area contributed by atoms with Crippen molar-refractivity contribution < 1.29 is 14.7 Å². The average Bonchev–Trinajstić information content (AvgIpc) is 2.88. The van der Waals surface area contributed by atoms with Crippen LogP contribution in [0.3, 0.4) is 0 Å². The molecule has 4 heteroatoms. The highest BCUT2D eigenvalue weighted by Crippen LogP contribution is 2.37. The summed E-state index contributed by atoms with van der Waals surface area (Å²) in [6, 6.07) is 15.5. The van der Waals surface area contributed by atoms with Crippen LogP contribution in [0.25, 0.3) is 10.9 Å². The number of rotatable bonds is 1. The fourth-order valence-electron chi connectivity index (χ4n) is 2.92. The molecule has 0 atom stereocenters. The molecule has 2 aromatic carbocycles. The van der Waals surface area contributed by atoms with Crippen LogP contribution >= 0.6 is 0 Å². The molecule has 120 valence electrons. The van der Waals surface area contributed by atoms with Gasteiger partial charge >= 0.3 is 0 Å². The SMILES string of the molecule is CC.O=C1c2ccccc2C(=O)C1c1nc2ccccc2cc1O. The van der Waals surface area contributed by atoms with E-state index in [4.69, 9.17) is 0 Å². The molecule has 0 bridgehead atoms. The molecule has 0 amide bonds. The standard InChI is InChI=1S/C18H11NO3.C2H6/c20-14-9-10-5-1-4-8-13(10)19-16(14)15-17(21)11-6-2-3-7-12(11)18(15)22;1-2/h1-9,15,20H;1-2H3. The van der Waals surface area contributed by atoms with Crippen molar-refractivity contribution in [3.63, 3.8) is 0 Å². The molecule has 0 aliphatic heterocycles. The van der Waals surface area contributed by atoms with E-state index in [1.54, 1.807) is 36.4 Å². The van der Waals surface area contributed by atoms with Gasteiger partial charge in [0.05, 0.1) is 5.52 Å². The van der Waals surface area contributed by atoms with Crippen LogP contribution in [-0.2, 0) is 0 Å². The Hall–Kier alpha value is -3.01. The number of benzene rings is 2. The predicted octanol–water partition coefficient (Wildman–Crippen LogP) is 4.13. The van der Waals surface area contributed by atoms with Crippen molar-refractivity contribution in [2.75, 3.05) is 0 Å². The molecule has 1 aliphatic carbocycles. The molecule has 1 aromatic heterocycles. The monoisotopic (exact) mass is 319 g/mol. The van der Waals surface area contributed by atoms with Crippen LogP contribution in [0.2, 0.25) is 0 Å². The van der Waals surface area contributed by atoms with E-state index in [1.807, 2.05) is 32.0 Å². The molecule has 0 unspecified atom stereocenters. The zero-order valence-electron chi connectivity index (χ0n) is 13.5. The van der Waals surface area contributed by atoms with E-state index in [0.29, 0.717) is 16.6 Å². The van der Waals surface area contributed by atoms with E-state index < -0.39 is 5.92 Å². The highest BCUT2D eigenvalue weighted by atomic mass is 16.3. The smallest absolute Gasteiger partial charge is 0.180 e. The number of carbonyl (C=O) groups is 2. The van der Waals surface area contributed by atoms with E-state index in [1.165, 1.54) is 0 Å². The summed E-state index contributed by atoms with van der Waals surface area (Å²) in [5.74, 6) is -1.79. The number of hydrogen-bond acceptors (Lipinski definition) is 4. The molecule has 1 aliphatic rings. The van der Waals surface area contributed by atoms with Gasteiger partial charge in [-0.05, 0) is 12.1 Å². The lowest BCUT2D eigenvalue weighted by Crippen LogP contribution is -2.14. The number of pyridine rings is 1. The Labute approximate surface area is 139 Å². The molecule has 0 saturated heterocycles. The van der Waals surface area contributed by atoms with Gasteiger partial charge in [0.15, 0.2) is 11.6 Å². The maximum atomic E-state index is 12.5. The zero-order chi connectivity index (χ0) is 17.3. The molecule has 0 saturated carbocycles. The van der Waals surface area contributed by atoms with E-state index in [2.05, 4.69) is 4.98 Å². The van der Waals surface area contributed by atoms with Crippen molar-refractivity contribution in [3.8, 4) is 5.75 Å². The first-order valence-corrected chi connectivity index (χ1v) is 7.93. The summed E-state index contributed by atoms with van der Waals surface area (Å²) in [4.78, 5) is 29.4. The summed E-state index contributed by atoms with van der Waals surface area (Å²) in [5.41, 5.74) is 1.57. The van der Waals surface area contributed by atoms with Gasteiger partial charge in [0.25, 0.3) is 0 Å². The minimum absolute atomic E-state index is 0.127. The summed E-state index contributed by atoms with van der Waals surface area (Å²) < 4.78 is 0. The largest absolute Gasteiger partial charge is 0.506 e. The third-order valence-electron chi connectivity index (χ3n) is 3.99. The van der Waals surface area contributed by atoms with Crippen LogP contribution < -0.4 is 0 Å². The van der Waals surface area contributed by atoms with Gasteiger partial charge in [0.2, 0.25) is 0 Å². The summed E-state index contributed by atoms with van der Waals surface area (Å²) in [6.07, 6.45) is 0. The molecule has 1 heterocycles. The van der Waals surface area contributed by atoms with Crippen LogP contribution in [0.4, 0.5) is 0 Å². The molecular formula is C20H17NO3. The minimum Gasteiger partial charge on any atom is -0.506 e. The number of nitrogens with zero attached hydrogens (tertiary/aromatic N) is 1. The Morgan fingerprint density at radius 3 is 2.04 bits per heavy atom. The maximum absolute atomic E-state index is 12.5.